The number of nitrogens with zero attached hydrogens (tertiary/aromatic N) is 1. The molecular weight excluding hydrogens is 488 g/mol. The summed E-state index contributed by atoms with van der Waals surface area (Å²) in [5, 5.41) is 15.5. The van der Waals surface area contributed by atoms with Gasteiger partial charge in [-0.1, -0.05) is 35.7 Å². The molecule has 2 aromatic carbocycles. The maximum Gasteiger partial charge on any atom is 0.264 e. The predicted octanol–water partition coefficient (Wildman–Crippen LogP) is 5.73. The normalized spacial score (nSPS) is 18.1. The third-order valence-electron chi connectivity index (χ3n) is 6.00. The van der Waals surface area contributed by atoms with Crippen LogP contribution in [0.4, 0.5) is 11.4 Å². The fourth-order valence-corrected chi connectivity index (χ4v) is 5.35. The Labute approximate surface area is 210 Å². The van der Waals surface area contributed by atoms with Crippen molar-refractivity contribution in [2.45, 2.75) is 43.4 Å². The molecule has 0 aliphatic carbocycles. The molecule has 188 valence electrons. The minimum absolute atomic E-state index is 0.260. The number of allylic oxidation sites excluding steroid dienone is 3. The maximum absolute atomic E-state index is 11.2. The Morgan fingerprint density at radius 1 is 1.14 bits per heavy atom. The van der Waals surface area contributed by atoms with Crippen LogP contribution in [-0.2, 0) is 24.9 Å². The Kier molecular flexibility index (Phi) is 9.67. The average Bonchev–Trinajstić information content (AvgIpc) is 3.07. The van der Waals surface area contributed by atoms with Crippen LogP contribution in [0.25, 0.3) is 0 Å². The van der Waals surface area contributed by atoms with Crippen molar-refractivity contribution in [2.75, 3.05) is 17.6 Å². The van der Waals surface area contributed by atoms with Crippen molar-refractivity contribution in [3.63, 3.8) is 0 Å². The van der Waals surface area contributed by atoms with Crippen molar-refractivity contribution in [1.29, 1.82) is 0 Å². The van der Waals surface area contributed by atoms with E-state index in [-0.39, 0.29) is 5.75 Å². The summed E-state index contributed by atoms with van der Waals surface area (Å²) in [7, 11) is -3.99. The lowest BCUT2D eigenvalue weighted by Gasteiger charge is -2.22. The van der Waals surface area contributed by atoms with E-state index >= 15 is 0 Å². The van der Waals surface area contributed by atoms with E-state index in [2.05, 4.69) is 39.2 Å². The first-order valence-electron chi connectivity index (χ1n) is 11.3. The predicted molar refractivity (Wildman–Crippen MR) is 139 cm³/mol. The number of hydrogen-bond acceptors (Lipinski definition) is 7. The van der Waals surface area contributed by atoms with E-state index in [1.165, 1.54) is 0 Å². The van der Waals surface area contributed by atoms with Gasteiger partial charge in [0.2, 0.25) is 5.69 Å². The second kappa shape index (κ2) is 12.5. The standard InChI is InChI=1S/C25H30N2O6S2/c1-3-27-23-15-14-21(34-33-32-28)19-22(23)25(2,16-8-10-18-35(29,30)31)24(27)13-7-9-17-26-20-11-5-4-6-12-20/h4-7,9,11-15,17,19H,3,8,10,16,18H2,1-2H3,(H2,28,29,30,31)/p+1. The first-order chi connectivity index (χ1) is 16.8. The summed E-state index contributed by atoms with van der Waals surface area (Å²) in [4.78, 5) is 0.759. The first-order valence-corrected chi connectivity index (χ1v) is 13.7. The number of rotatable bonds is 13. The minimum Gasteiger partial charge on any atom is -0.362 e. The molecule has 0 saturated heterocycles. The topological polar surface area (TPSA) is 108 Å². The molecule has 1 aliphatic rings. The van der Waals surface area contributed by atoms with E-state index in [0.717, 1.165) is 46.1 Å². The third kappa shape index (κ3) is 7.26. The van der Waals surface area contributed by atoms with Gasteiger partial charge in [-0.2, -0.15) is 13.0 Å². The van der Waals surface area contributed by atoms with Crippen LogP contribution < -0.4 is 5.32 Å². The van der Waals surface area contributed by atoms with Gasteiger partial charge in [-0.25, -0.2) is 5.26 Å². The Morgan fingerprint density at radius 3 is 2.60 bits per heavy atom. The fourth-order valence-electron chi connectivity index (χ4n) is 4.39. The number of anilines is 1. The number of hydrogen-bond donors (Lipinski definition) is 3. The van der Waals surface area contributed by atoms with Gasteiger partial charge in [0.25, 0.3) is 10.1 Å². The molecule has 2 aromatic rings. The molecule has 1 aliphatic heterocycles. The summed E-state index contributed by atoms with van der Waals surface area (Å²) in [6.07, 6.45) is 9.53. The van der Waals surface area contributed by atoms with E-state index < -0.39 is 15.5 Å². The second-order valence-electron chi connectivity index (χ2n) is 8.34. The monoisotopic (exact) mass is 519 g/mol. The molecule has 1 atom stereocenters. The highest BCUT2D eigenvalue weighted by Crippen LogP contribution is 2.45. The molecule has 1 heterocycles. The number of nitrogens with one attached hydrogen (secondary N) is 1. The number of para-hydroxylation sites is 1. The maximum atomic E-state index is 11.2. The third-order valence-corrected chi connectivity index (χ3v) is 7.38. The number of benzene rings is 2. The van der Waals surface area contributed by atoms with Gasteiger partial charge in [0, 0.05) is 34.5 Å². The summed E-state index contributed by atoms with van der Waals surface area (Å²) in [5.74, 6) is -0.260. The molecule has 35 heavy (non-hydrogen) atoms. The number of fused-ring (bicyclic) bond motifs is 1. The van der Waals surface area contributed by atoms with Crippen LogP contribution >= 0.6 is 12.0 Å². The molecule has 10 heteroatoms. The molecular formula is C25H31N2O6S2+. The molecule has 8 nitrogen and oxygen atoms in total. The van der Waals surface area contributed by atoms with E-state index in [1.807, 2.05) is 66.9 Å². The summed E-state index contributed by atoms with van der Waals surface area (Å²) in [5.41, 5.74) is 3.82. The Morgan fingerprint density at radius 2 is 1.91 bits per heavy atom. The van der Waals surface area contributed by atoms with Gasteiger partial charge in [0.05, 0.1) is 23.2 Å². The molecule has 0 radical (unpaired) electrons. The molecule has 0 amide bonds. The molecule has 0 saturated carbocycles. The van der Waals surface area contributed by atoms with Crippen molar-refractivity contribution >= 4 is 39.2 Å². The van der Waals surface area contributed by atoms with Gasteiger partial charge in [0.1, 0.15) is 6.54 Å². The second-order valence-corrected chi connectivity index (χ2v) is 10.7. The van der Waals surface area contributed by atoms with E-state index in [1.54, 1.807) is 0 Å². The molecule has 0 fully saturated rings. The van der Waals surface area contributed by atoms with Crippen molar-refractivity contribution in [2.24, 2.45) is 0 Å². The molecule has 0 spiro atoms. The lowest BCUT2D eigenvalue weighted by molar-refractivity contribution is -0.433. The lowest BCUT2D eigenvalue weighted by Crippen LogP contribution is -2.31. The van der Waals surface area contributed by atoms with Crippen LogP contribution in [-0.4, -0.2) is 40.8 Å². The van der Waals surface area contributed by atoms with E-state index in [9.17, 15) is 8.42 Å². The molecule has 0 aromatic heterocycles. The smallest absolute Gasteiger partial charge is 0.264 e. The quantitative estimate of drug-likeness (QED) is 0.0586. The van der Waals surface area contributed by atoms with Gasteiger partial charge in [-0.15, -0.1) is 4.33 Å². The zero-order chi connectivity index (χ0) is 25.3. The number of unbranched alkanes of at least 4 members (excludes halogenated alkanes) is 1. The Hall–Kier alpha value is -2.47. The van der Waals surface area contributed by atoms with Crippen LogP contribution in [0.5, 0.6) is 0 Å². The van der Waals surface area contributed by atoms with Gasteiger partial charge in [0.15, 0.2) is 5.71 Å². The fraction of sp³-hybridized carbons (Fsp3) is 0.320. The highest BCUT2D eigenvalue weighted by Gasteiger charge is 2.47. The summed E-state index contributed by atoms with van der Waals surface area (Å²) < 4.78 is 38.4. The van der Waals surface area contributed by atoms with Crippen LogP contribution in [0, 0.1) is 0 Å². The highest BCUT2D eigenvalue weighted by molar-refractivity contribution is 7.94. The minimum atomic E-state index is -3.99. The van der Waals surface area contributed by atoms with Crippen molar-refractivity contribution in [3.05, 3.63) is 78.5 Å². The Bertz CT molecular complexity index is 1200. The summed E-state index contributed by atoms with van der Waals surface area (Å²) in [6.45, 7) is 4.97. The zero-order valence-electron chi connectivity index (χ0n) is 19.8. The van der Waals surface area contributed by atoms with Crippen LogP contribution in [0.2, 0.25) is 0 Å². The van der Waals surface area contributed by atoms with Crippen molar-refractivity contribution in [1.82, 2.24) is 0 Å². The van der Waals surface area contributed by atoms with Gasteiger partial charge >= 0.3 is 0 Å². The SMILES string of the molecule is CC[N+]1=C(/C=C/C=C/Nc2ccccc2)C(C)(CCCCS(=O)(=O)O)c2cc(SOOO)ccc21. The first kappa shape index (κ1) is 27.1. The average molecular weight is 520 g/mol. The molecule has 1 unspecified atom stereocenters. The van der Waals surface area contributed by atoms with Gasteiger partial charge < -0.3 is 5.32 Å². The van der Waals surface area contributed by atoms with Crippen LogP contribution in [0.15, 0.2) is 77.9 Å². The summed E-state index contributed by atoms with van der Waals surface area (Å²) in [6, 6.07) is 15.8. The Balaban J connectivity index is 1.87. The van der Waals surface area contributed by atoms with Crippen molar-refractivity contribution < 1.29 is 32.2 Å². The van der Waals surface area contributed by atoms with E-state index in [0.29, 0.717) is 19.3 Å². The summed E-state index contributed by atoms with van der Waals surface area (Å²) >= 11 is 0.901. The van der Waals surface area contributed by atoms with Crippen LogP contribution in [0.3, 0.4) is 0 Å². The molecule has 3 N–H and O–H groups in total. The lowest BCUT2D eigenvalue weighted by atomic mass is 9.75. The van der Waals surface area contributed by atoms with E-state index in [4.69, 9.17) is 9.81 Å². The van der Waals surface area contributed by atoms with Crippen LogP contribution in [0.1, 0.15) is 38.7 Å². The largest absolute Gasteiger partial charge is 0.362 e. The van der Waals surface area contributed by atoms with Gasteiger partial charge in [-0.05, 0) is 57.0 Å². The molecule has 0 bridgehead atoms. The van der Waals surface area contributed by atoms with Crippen molar-refractivity contribution in [3.8, 4) is 0 Å². The highest BCUT2D eigenvalue weighted by atomic mass is 32.2. The molecule has 3 rings (SSSR count). The van der Waals surface area contributed by atoms with Gasteiger partial charge in [-0.3, -0.25) is 4.55 Å². The zero-order valence-corrected chi connectivity index (χ0v) is 21.4.